The summed E-state index contributed by atoms with van der Waals surface area (Å²) in [6.07, 6.45) is 0. The zero-order chi connectivity index (χ0) is 22.5. The first-order valence-electron chi connectivity index (χ1n) is 11.6. The zero-order valence-corrected chi connectivity index (χ0v) is 18.6. The van der Waals surface area contributed by atoms with Crippen LogP contribution in [0.4, 0.5) is 11.4 Å². The van der Waals surface area contributed by atoms with Gasteiger partial charge >= 0.3 is 0 Å². The summed E-state index contributed by atoms with van der Waals surface area (Å²) >= 11 is 0. The fraction of sp³-hybridized carbons (Fsp3) is 0. The first-order valence-corrected chi connectivity index (χ1v) is 11.6. The van der Waals surface area contributed by atoms with Gasteiger partial charge in [0.25, 0.3) is 0 Å². The molecule has 2 nitrogen and oxygen atoms in total. The van der Waals surface area contributed by atoms with Gasteiger partial charge in [0.05, 0.1) is 11.0 Å². The Hall–Kier alpha value is -4.56. The summed E-state index contributed by atoms with van der Waals surface area (Å²) in [5.74, 6) is 0. The summed E-state index contributed by atoms with van der Waals surface area (Å²) in [7, 11) is 0. The maximum Gasteiger partial charge on any atom is 0.0542 e. The van der Waals surface area contributed by atoms with E-state index in [0.717, 1.165) is 11.4 Å². The molecular weight excluding hydrogens is 412 g/mol. The summed E-state index contributed by atoms with van der Waals surface area (Å²) < 4.78 is 2.37. The van der Waals surface area contributed by atoms with E-state index < -0.39 is 0 Å². The Balaban J connectivity index is 1.41. The number of fused-ring (bicyclic) bond motifs is 5. The van der Waals surface area contributed by atoms with Crippen molar-refractivity contribution in [1.82, 2.24) is 4.57 Å². The van der Waals surface area contributed by atoms with E-state index in [2.05, 4.69) is 137 Å². The standard InChI is InChI=1S/C32H22N2/c1-2-10-24-20-26(18-16-22(24)8-1)34-31-15-6-5-13-28(31)29-21-25(17-19-32(29)34)33-30-14-7-11-23-9-3-4-12-27(23)30/h1-21,33H. The Kier molecular flexibility index (Phi) is 4.18. The smallest absolute Gasteiger partial charge is 0.0542 e. The van der Waals surface area contributed by atoms with Crippen LogP contribution in [0.25, 0.3) is 49.0 Å². The fourth-order valence-corrected chi connectivity index (χ4v) is 5.13. The molecule has 0 saturated heterocycles. The van der Waals surface area contributed by atoms with Gasteiger partial charge in [-0.15, -0.1) is 0 Å². The monoisotopic (exact) mass is 434 g/mol. The second kappa shape index (κ2) is 7.50. The third kappa shape index (κ3) is 2.96. The van der Waals surface area contributed by atoms with Gasteiger partial charge in [0.2, 0.25) is 0 Å². The Morgan fingerprint density at radius 2 is 1.15 bits per heavy atom. The number of benzene rings is 6. The molecule has 0 aliphatic carbocycles. The zero-order valence-electron chi connectivity index (χ0n) is 18.6. The SMILES string of the molecule is c1ccc2cc(-n3c4ccccc4c4cc(Nc5cccc6ccccc56)ccc43)ccc2c1. The largest absolute Gasteiger partial charge is 0.355 e. The first kappa shape index (κ1) is 19.0. The highest BCUT2D eigenvalue weighted by molar-refractivity contribution is 6.10. The average molecular weight is 435 g/mol. The highest BCUT2D eigenvalue weighted by Gasteiger charge is 2.13. The van der Waals surface area contributed by atoms with Crippen LogP contribution in [0.3, 0.4) is 0 Å². The second-order valence-electron chi connectivity index (χ2n) is 8.77. The van der Waals surface area contributed by atoms with Crippen molar-refractivity contribution in [3.05, 3.63) is 127 Å². The Labute approximate surface area is 197 Å². The molecule has 7 rings (SSSR count). The molecule has 0 saturated carbocycles. The average Bonchev–Trinajstić information content (AvgIpc) is 3.22. The van der Waals surface area contributed by atoms with Gasteiger partial charge in [0, 0.05) is 33.2 Å². The fourth-order valence-electron chi connectivity index (χ4n) is 5.13. The third-order valence-electron chi connectivity index (χ3n) is 6.73. The molecule has 0 amide bonds. The highest BCUT2D eigenvalue weighted by atomic mass is 15.0. The molecule has 6 aromatic carbocycles. The normalized spacial score (nSPS) is 11.5. The molecule has 0 aliphatic heterocycles. The lowest BCUT2D eigenvalue weighted by Gasteiger charge is -2.11. The molecule has 1 aromatic heterocycles. The number of anilines is 2. The van der Waals surface area contributed by atoms with E-state index in [4.69, 9.17) is 0 Å². The lowest BCUT2D eigenvalue weighted by molar-refractivity contribution is 1.19. The summed E-state index contributed by atoms with van der Waals surface area (Å²) in [6.45, 7) is 0. The topological polar surface area (TPSA) is 17.0 Å². The quantitative estimate of drug-likeness (QED) is 0.294. The molecule has 0 fully saturated rings. The molecule has 0 radical (unpaired) electrons. The van der Waals surface area contributed by atoms with E-state index in [1.54, 1.807) is 0 Å². The van der Waals surface area contributed by atoms with Crippen molar-refractivity contribution in [1.29, 1.82) is 0 Å². The maximum atomic E-state index is 3.67. The second-order valence-corrected chi connectivity index (χ2v) is 8.77. The minimum absolute atomic E-state index is 1.09. The molecule has 0 spiro atoms. The van der Waals surface area contributed by atoms with Crippen LogP contribution in [0.5, 0.6) is 0 Å². The number of rotatable bonds is 3. The van der Waals surface area contributed by atoms with Crippen LogP contribution in [0, 0.1) is 0 Å². The number of hydrogen-bond donors (Lipinski definition) is 1. The van der Waals surface area contributed by atoms with Gasteiger partial charge in [-0.2, -0.15) is 0 Å². The number of hydrogen-bond acceptors (Lipinski definition) is 1. The molecule has 34 heavy (non-hydrogen) atoms. The van der Waals surface area contributed by atoms with E-state index in [0.29, 0.717) is 0 Å². The molecule has 160 valence electrons. The minimum atomic E-state index is 1.09. The molecule has 0 unspecified atom stereocenters. The van der Waals surface area contributed by atoms with E-state index in [1.807, 2.05) is 0 Å². The minimum Gasteiger partial charge on any atom is -0.355 e. The van der Waals surface area contributed by atoms with Crippen molar-refractivity contribution < 1.29 is 0 Å². The maximum absolute atomic E-state index is 3.67. The van der Waals surface area contributed by atoms with Crippen molar-refractivity contribution in [3.63, 3.8) is 0 Å². The van der Waals surface area contributed by atoms with Gasteiger partial charge in [-0.05, 0) is 58.6 Å². The Bertz CT molecular complexity index is 1840. The third-order valence-corrected chi connectivity index (χ3v) is 6.73. The molecule has 0 bridgehead atoms. The summed E-state index contributed by atoms with van der Waals surface area (Å²) in [6, 6.07) is 45.5. The molecule has 7 aromatic rings. The van der Waals surface area contributed by atoms with Crippen molar-refractivity contribution in [2.45, 2.75) is 0 Å². The first-order chi connectivity index (χ1) is 16.8. The van der Waals surface area contributed by atoms with Crippen molar-refractivity contribution >= 4 is 54.7 Å². The number of nitrogens with one attached hydrogen (secondary N) is 1. The van der Waals surface area contributed by atoms with Crippen molar-refractivity contribution in [2.24, 2.45) is 0 Å². The van der Waals surface area contributed by atoms with Gasteiger partial charge < -0.3 is 9.88 Å². The summed E-state index contributed by atoms with van der Waals surface area (Å²) in [5, 5.41) is 11.1. The molecule has 1 N–H and O–H groups in total. The van der Waals surface area contributed by atoms with E-state index in [-0.39, 0.29) is 0 Å². The van der Waals surface area contributed by atoms with Gasteiger partial charge in [-0.3, -0.25) is 0 Å². The van der Waals surface area contributed by atoms with Crippen LogP contribution in [-0.2, 0) is 0 Å². The molecule has 0 atom stereocenters. The predicted molar refractivity (Wildman–Crippen MR) is 146 cm³/mol. The van der Waals surface area contributed by atoms with Crippen LogP contribution in [0.2, 0.25) is 0 Å². The van der Waals surface area contributed by atoms with Gasteiger partial charge in [0.1, 0.15) is 0 Å². The highest BCUT2D eigenvalue weighted by Crippen LogP contribution is 2.35. The number of aromatic nitrogens is 1. The molecule has 1 heterocycles. The van der Waals surface area contributed by atoms with Crippen LogP contribution in [0.1, 0.15) is 0 Å². The summed E-state index contributed by atoms with van der Waals surface area (Å²) in [4.78, 5) is 0. The van der Waals surface area contributed by atoms with E-state index in [9.17, 15) is 0 Å². The Morgan fingerprint density at radius 1 is 0.441 bits per heavy atom. The van der Waals surface area contributed by atoms with Gasteiger partial charge in [-0.25, -0.2) is 0 Å². The molecular formula is C32H22N2. The van der Waals surface area contributed by atoms with Gasteiger partial charge in [0.15, 0.2) is 0 Å². The van der Waals surface area contributed by atoms with Crippen LogP contribution in [0.15, 0.2) is 127 Å². The summed E-state index contributed by atoms with van der Waals surface area (Å²) in [5.41, 5.74) is 5.82. The number of nitrogens with zero attached hydrogens (tertiary/aromatic N) is 1. The van der Waals surface area contributed by atoms with Crippen LogP contribution < -0.4 is 5.32 Å². The predicted octanol–water partition coefficient (Wildman–Crippen LogP) is 8.83. The Morgan fingerprint density at radius 3 is 2.06 bits per heavy atom. The van der Waals surface area contributed by atoms with Crippen LogP contribution in [-0.4, -0.2) is 4.57 Å². The van der Waals surface area contributed by atoms with E-state index >= 15 is 0 Å². The lowest BCUT2D eigenvalue weighted by atomic mass is 10.1. The van der Waals surface area contributed by atoms with Crippen LogP contribution >= 0.6 is 0 Å². The lowest BCUT2D eigenvalue weighted by Crippen LogP contribution is -1.94. The molecule has 2 heteroatoms. The van der Waals surface area contributed by atoms with Crippen molar-refractivity contribution in [2.75, 3.05) is 5.32 Å². The van der Waals surface area contributed by atoms with E-state index in [1.165, 1.54) is 49.0 Å². The molecule has 0 aliphatic rings. The number of para-hydroxylation sites is 1. The van der Waals surface area contributed by atoms with Gasteiger partial charge in [-0.1, -0.05) is 84.9 Å². The van der Waals surface area contributed by atoms with Crippen molar-refractivity contribution in [3.8, 4) is 5.69 Å².